The van der Waals surface area contributed by atoms with Crippen LogP contribution in [0.1, 0.15) is 46.8 Å². The minimum absolute atomic E-state index is 0.00227. The number of amides is 1. The summed E-state index contributed by atoms with van der Waals surface area (Å²) in [5, 5.41) is 9.96. The first kappa shape index (κ1) is 25.1. The fraction of sp³-hybridized carbons (Fsp3) is 0.348. The molecule has 176 valence electrons. The van der Waals surface area contributed by atoms with Gasteiger partial charge in [0.15, 0.2) is 0 Å². The van der Waals surface area contributed by atoms with Gasteiger partial charge in [-0.2, -0.15) is 13.2 Å². The predicted octanol–water partition coefficient (Wildman–Crippen LogP) is 6.08. The van der Waals surface area contributed by atoms with E-state index in [9.17, 15) is 18.0 Å². The van der Waals surface area contributed by atoms with Crippen molar-refractivity contribution in [1.82, 2.24) is 5.32 Å². The second kappa shape index (κ2) is 9.35. The number of amidine groups is 1. The Hall–Kier alpha value is -2.58. The quantitative estimate of drug-likeness (QED) is 0.396. The van der Waals surface area contributed by atoms with Crippen molar-refractivity contribution in [2.24, 2.45) is 4.99 Å². The lowest BCUT2D eigenvalue weighted by atomic mass is 9.69. The molecular formula is C23H22Cl2F3N3O2. The second-order valence-electron chi connectivity index (χ2n) is 8.06. The third-order valence-electron chi connectivity index (χ3n) is 5.68. The van der Waals surface area contributed by atoms with Crippen molar-refractivity contribution < 1.29 is 22.7 Å². The number of halogens is 5. The van der Waals surface area contributed by atoms with E-state index in [-0.39, 0.29) is 33.3 Å². The summed E-state index contributed by atoms with van der Waals surface area (Å²) in [6.45, 7) is 3.30. The molecule has 2 N–H and O–H groups in total. The van der Waals surface area contributed by atoms with Crippen LogP contribution in [0.3, 0.4) is 0 Å². The van der Waals surface area contributed by atoms with Gasteiger partial charge in [-0.15, -0.1) is 0 Å². The number of methoxy groups -OCH3 is 1. The van der Waals surface area contributed by atoms with Crippen molar-refractivity contribution in [2.45, 2.75) is 44.3 Å². The lowest BCUT2D eigenvalue weighted by molar-refractivity contribution is -0.193. The maximum absolute atomic E-state index is 14.6. The Balaban J connectivity index is 2.03. The number of ether oxygens (including phenoxy) is 1. The maximum atomic E-state index is 14.6. The van der Waals surface area contributed by atoms with E-state index in [4.69, 9.17) is 28.6 Å². The molecule has 0 aromatic heterocycles. The predicted molar refractivity (Wildman–Crippen MR) is 123 cm³/mol. The van der Waals surface area contributed by atoms with E-state index in [1.807, 2.05) is 0 Å². The molecule has 2 atom stereocenters. The highest BCUT2D eigenvalue weighted by atomic mass is 35.5. The Kier molecular flexibility index (Phi) is 7.10. The summed E-state index contributed by atoms with van der Waals surface area (Å²) in [4.78, 5) is 16.8. The van der Waals surface area contributed by atoms with Gasteiger partial charge in [0.05, 0.1) is 12.5 Å². The zero-order valence-electron chi connectivity index (χ0n) is 18.1. The van der Waals surface area contributed by atoms with Gasteiger partial charge in [0.25, 0.3) is 11.9 Å². The van der Waals surface area contributed by atoms with Crippen molar-refractivity contribution in [3.8, 4) is 0 Å². The van der Waals surface area contributed by atoms with Crippen LogP contribution in [0.5, 0.6) is 0 Å². The number of rotatable bonds is 3. The van der Waals surface area contributed by atoms with E-state index in [0.29, 0.717) is 11.1 Å². The van der Waals surface area contributed by atoms with Crippen molar-refractivity contribution in [2.75, 3.05) is 7.11 Å². The summed E-state index contributed by atoms with van der Waals surface area (Å²) < 4.78 is 48.4. The molecule has 1 heterocycles. The first-order valence-electron chi connectivity index (χ1n) is 10.0. The lowest BCUT2D eigenvalue weighted by Gasteiger charge is -2.41. The molecule has 2 unspecified atom stereocenters. The van der Waals surface area contributed by atoms with E-state index >= 15 is 0 Å². The average molecular weight is 500 g/mol. The molecule has 0 saturated heterocycles. The number of hydrogen-bond donors (Lipinski definition) is 2. The fourth-order valence-corrected chi connectivity index (χ4v) is 4.67. The summed E-state index contributed by atoms with van der Waals surface area (Å²) in [6, 6.07) is 7.66. The number of carbonyl (C=O) groups excluding carboxylic acids is 1. The number of hydrogen-bond acceptors (Lipinski definition) is 4. The van der Waals surface area contributed by atoms with Crippen molar-refractivity contribution in [3.05, 3.63) is 68.7 Å². The minimum Gasteiger partial charge on any atom is -0.468 e. The normalized spacial score (nSPS) is 20.7. The maximum Gasteiger partial charge on any atom is 0.398 e. The Morgan fingerprint density at radius 1 is 1.21 bits per heavy atom. The molecule has 0 radical (unpaired) electrons. The van der Waals surface area contributed by atoms with E-state index in [1.165, 1.54) is 31.4 Å². The Morgan fingerprint density at radius 2 is 1.85 bits per heavy atom. The third kappa shape index (κ3) is 5.17. The van der Waals surface area contributed by atoms with Crippen LogP contribution >= 0.6 is 23.2 Å². The van der Waals surface area contributed by atoms with Crippen LogP contribution in [0.2, 0.25) is 10.0 Å². The topological polar surface area (TPSA) is 74.5 Å². The van der Waals surface area contributed by atoms with Gasteiger partial charge >= 0.3 is 6.18 Å². The zero-order chi connectivity index (χ0) is 24.6. The molecule has 33 heavy (non-hydrogen) atoms. The van der Waals surface area contributed by atoms with Gasteiger partial charge in [-0.1, -0.05) is 29.3 Å². The summed E-state index contributed by atoms with van der Waals surface area (Å²) in [6.07, 6.45) is -5.21. The molecule has 1 aliphatic rings. The molecule has 5 nitrogen and oxygen atoms in total. The number of nitrogens with one attached hydrogen (secondary N) is 2. The molecule has 1 amide bonds. The smallest absolute Gasteiger partial charge is 0.398 e. The van der Waals surface area contributed by atoms with E-state index in [1.54, 1.807) is 26.0 Å². The summed E-state index contributed by atoms with van der Waals surface area (Å²) in [5.74, 6) is -0.553. The third-order valence-corrected chi connectivity index (χ3v) is 6.12. The summed E-state index contributed by atoms with van der Waals surface area (Å²) >= 11 is 12.1. The van der Waals surface area contributed by atoms with E-state index in [2.05, 4.69) is 15.0 Å². The number of aryl methyl sites for hydroxylation is 1. The summed E-state index contributed by atoms with van der Waals surface area (Å²) in [7, 11) is 1.25. The molecule has 3 rings (SSSR count). The van der Waals surface area contributed by atoms with Crippen LogP contribution < -0.4 is 5.32 Å². The minimum atomic E-state index is -4.58. The number of carbonyl (C=O) groups is 1. The van der Waals surface area contributed by atoms with Crippen LogP contribution in [0, 0.1) is 12.3 Å². The van der Waals surface area contributed by atoms with Gasteiger partial charge in [-0.3, -0.25) is 20.5 Å². The molecule has 0 fully saturated rings. The molecule has 10 heteroatoms. The van der Waals surface area contributed by atoms with Gasteiger partial charge in [0, 0.05) is 33.8 Å². The molecule has 1 aliphatic heterocycles. The molecule has 0 bridgehead atoms. The highest BCUT2D eigenvalue weighted by Gasteiger charge is 2.58. The Morgan fingerprint density at radius 3 is 2.39 bits per heavy atom. The lowest BCUT2D eigenvalue weighted by Crippen LogP contribution is -2.48. The monoisotopic (exact) mass is 499 g/mol. The van der Waals surface area contributed by atoms with Crippen molar-refractivity contribution in [3.63, 3.8) is 0 Å². The van der Waals surface area contributed by atoms with E-state index < -0.39 is 36.0 Å². The highest BCUT2D eigenvalue weighted by Crippen LogP contribution is 2.51. The molecule has 2 aromatic carbocycles. The molecule has 0 aliphatic carbocycles. The zero-order valence-corrected chi connectivity index (χ0v) is 19.6. The highest BCUT2D eigenvalue weighted by molar-refractivity contribution is 6.34. The first-order chi connectivity index (χ1) is 15.4. The van der Waals surface area contributed by atoms with Gasteiger partial charge < -0.3 is 4.74 Å². The number of alkyl halides is 3. The standard InChI is InChI=1S/C23H22Cl2F3N3O2/c1-12-6-14(4-5-18(12)20(32)31-21(29)33-3)19-11-22(23(26,27)28,10-13(2)30-19)15-7-16(24)9-17(25)8-15/h4-9,13H,10-11H2,1-3H3,(H2,29,31,32). The van der Waals surface area contributed by atoms with Gasteiger partial charge in [0.2, 0.25) is 0 Å². The molecular weight excluding hydrogens is 478 g/mol. The molecule has 2 aromatic rings. The van der Waals surface area contributed by atoms with Crippen LogP contribution in [-0.2, 0) is 10.2 Å². The Bertz CT molecular complexity index is 1110. The van der Waals surface area contributed by atoms with Gasteiger partial charge in [-0.05, 0) is 67.3 Å². The number of aliphatic imine (C=N–C) groups is 1. The van der Waals surface area contributed by atoms with Crippen LogP contribution in [0.25, 0.3) is 0 Å². The Labute approximate surface area is 199 Å². The van der Waals surface area contributed by atoms with Gasteiger partial charge in [0.1, 0.15) is 0 Å². The largest absolute Gasteiger partial charge is 0.468 e. The van der Waals surface area contributed by atoms with Crippen molar-refractivity contribution in [1.29, 1.82) is 5.41 Å². The van der Waals surface area contributed by atoms with Crippen LogP contribution in [0.15, 0.2) is 41.4 Å². The fourth-order valence-electron chi connectivity index (χ4n) is 4.15. The van der Waals surface area contributed by atoms with Crippen molar-refractivity contribution >= 4 is 40.8 Å². The number of benzene rings is 2. The molecule has 0 spiro atoms. The van der Waals surface area contributed by atoms with Crippen LogP contribution in [-0.4, -0.2) is 37.0 Å². The second-order valence-corrected chi connectivity index (χ2v) is 8.93. The van der Waals surface area contributed by atoms with E-state index in [0.717, 1.165) is 0 Å². The number of nitrogens with zero attached hydrogens (tertiary/aromatic N) is 1. The average Bonchev–Trinajstić information content (AvgIpc) is 2.71. The summed E-state index contributed by atoms with van der Waals surface area (Å²) in [5.41, 5.74) is -0.652. The van der Waals surface area contributed by atoms with Gasteiger partial charge in [-0.25, -0.2) is 0 Å². The SMILES string of the molecule is COC(=N)NC(=O)c1ccc(C2=NC(C)CC(c3cc(Cl)cc(Cl)c3)(C(F)(F)F)C2)cc1C. The van der Waals surface area contributed by atoms with Crippen LogP contribution in [0.4, 0.5) is 13.2 Å². The molecule has 0 saturated carbocycles. The first-order valence-corrected chi connectivity index (χ1v) is 10.8.